The molecule has 0 bridgehead atoms. The minimum Gasteiger partial charge on any atom is -0.306 e. The number of halogens is 5. The van der Waals surface area contributed by atoms with Crippen LogP contribution in [-0.4, -0.2) is 18.3 Å². The quantitative estimate of drug-likeness (QED) is 0.514. The zero-order chi connectivity index (χ0) is 19.8. The fourth-order valence-electron chi connectivity index (χ4n) is 2.45. The van der Waals surface area contributed by atoms with Crippen molar-refractivity contribution in [1.82, 2.24) is 9.55 Å². The largest absolute Gasteiger partial charge is 0.434 e. The monoisotopic (exact) mass is 402 g/mol. The van der Waals surface area contributed by atoms with E-state index < -0.39 is 34.6 Å². The van der Waals surface area contributed by atoms with Crippen LogP contribution in [0.4, 0.5) is 22.0 Å². The summed E-state index contributed by atoms with van der Waals surface area (Å²) in [5.74, 6) is -2.70. The van der Waals surface area contributed by atoms with E-state index in [-0.39, 0.29) is 22.8 Å². The third-order valence-corrected chi connectivity index (χ3v) is 4.26. The van der Waals surface area contributed by atoms with E-state index in [1.807, 2.05) is 0 Å². The molecule has 2 aromatic carbocycles. The zero-order valence-electron chi connectivity index (χ0n) is 13.4. The first kappa shape index (κ1) is 19.2. The summed E-state index contributed by atoms with van der Waals surface area (Å²) < 4.78 is 86.8. The summed E-state index contributed by atoms with van der Waals surface area (Å²) in [6.45, 7) is 0. The lowest BCUT2D eigenvalue weighted by Crippen LogP contribution is -2.05. The normalized spacial score (nSPS) is 13.0. The molecule has 0 fully saturated rings. The molecular formula is C17H11F5N2O2S. The molecule has 27 heavy (non-hydrogen) atoms. The molecule has 1 N–H and O–H groups in total. The van der Waals surface area contributed by atoms with Crippen molar-refractivity contribution in [2.75, 3.05) is 0 Å². The summed E-state index contributed by atoms with van der Waals surface area (Å²) in [5, 5.41) is 0. The smallest absolute Gasteiger partial charge is 0.306 e. The first-order valence-corrected chi connectivity index (χ1v) is 8.71. The second-order valence-corrected chi connectivity index (χ2v) is 6.51. The Morgan fingerprint density at radius 1 is 1.04 bits per heavy atom. The highest BCUT2D eigenvalue weighted by Crippen LogP contribution is 2.33. The Kier molecular flexibility index (Phi) is 5.11. The number of nitrogens with zero attached hydrogens (tertiary/aromatic N) is 2. The lowest BCUT2D eigenvalue weighted by atomic mass is 10.2. The van der Waals surface area contributed by atoms with Gasteiger partial charge < -0.3 is 4.55 Å². The van der Waals surface area contributed by atoms with Gasteiger partial charge in [-0.05, 0) is 35.9 Å². The van der Waals surface area contributed by atoms with Crippen LogP contribution in [-0.2, 0) is 23.0 Å². The molecule has 1 aromatic heterocycles. The van der Waals surface area contributed by atoms with Gasteiger partial charge in [-0.15, -0.1) is 0 Å². The van der Waals surface area contributed by atoms with Crippen LogP contribution < -0.4 is 0 Å². The van der Waals surface area contributed by atoms with Gasteiger partial charge in [0.25, 0.3) is 0 Å². The second-order valence-electron chi connectivity index (χ2n) is 5.58. The number of rotatable bonds is 4. The molecule has 0 saturated heterocycles. The van der Waals surface area contributed by atoms with Crippen LogP contribution in [0.25, 0.3) is 17.1 Å². The molecule has 1 heterocycles. The molecule has 142 valence electrons. The van der Waals surface area contributed by atoms with E-state index in [0.717, 1.165) is 29.0 Å². The van der Waals surface area contributed by atoms with Crippen LogP contribution in [0.2, 0.25) is 0 Å². The number of hydrogen-bond acceptors (Lipinski definition) is 2. The van der Waals surface area contributed by atoms with E-state index in [2.05, 4.69) is 4.98 Å². The lowest BCUT2D eigenvalue weighted by molar-refractivity contribution is -0.140. The molecule has 3 rings (SSSR count). The van der Waals surface area contributed by atoms with E-state index >= 15 is 0 Å². The van der Waals surface area contributed by atoms with Gasteiger partial charge in [-0.1, -0.05) is 12.1 Å². The Hall–Kier alpha value is -2.59. The van der Waals surface area contributed by atoms with Gasteiger partial charge in [0, 0.05) is 17.4 Å². The third-order valence-electron chi connectivity index (χ3n) is 3.68. The highest BCUT2D eigenvalue weighted by Gasteiger charge is 2.35. The van der Waals surface area contributed by atoms with Crippen molar-refractivity contribution < 1.29 is 30.7 Å². The van der Waals surface area contributed by atoms with E-state index in [1.165, 1.54) is 24.3 Å². The standard InChI is InChI=1S/C17H11F5N2O2S/c18-13-6-3-11(7-14(13)19)16-23-15(17(20,21)22)8-24(16)12-4-1-10(2-5-12)9-27(25)26/h1-8H,9H2,(H,25,26). The fourth-order valence-corrected chi connectivity index (χ4v) is 2.93. The molecule has 0 aliphatic rings. The maximum absolute atomic E-state index is 13.5. The summed E-state index contributed by atoms with van der Waals surface area (Å²) in [5.41, 5.74) is -0.456. The summed E-state index contributed by atoms with van der Waals surface area (Å²) in [6, 6.07) is 8.52. The molecule has 4 nitrogen and oxygen atoms in total. The van der Waals surface area contributed by atoms with Gasteiger partial charge in [0.1, 0.15) is 5.82 Å². The van der Waals surface area contributed by atoms with Gasteiger partial charge in [0.05, 0.1) is 5.75 Å². The number of aromatic nitrogens is 2. The zero-order valence-corrected chi connectivity index (χ0v) is 14.2. The fraction of sp³-hybridized carbons (Fsp3) is 0.118. The van der Waals surface area contributed by atoms with Gasteiger partial charge in [-0.3, -0.25) is 4.57 Å². The minimum atomic E-state index is -4.73. The number of imidazole rings is 1. The molecule has 1 unspecified atom stereocenters. The van der Waals surface area contributed by atoms with E-state index in [1.54, 1.807) is 0 Å². The van der Waals surface area contributed by atoms with Gasteiger partial charge in [0.15, 0.2) is 28.4 Å². The molecule has 0 aliphatic heterocycles. The van der Waals surface area contributed by atoms with Crippen molar-refractivity contribution in [2.24, 2.45) is 0 Å². The minimum absolute atomic E-state index is 0.0371. The molecule has 0 spiro atoms. The molecule has 1 atom stereocenters. The van der Waals surface area contributed by atoms with Crippen LogP contribution in [0.5, 0.6) is 0 Å². The van der Waals surface area contributed by atoms with Gasteiger partial charge >= 0.3 is 6.18 Å². The number of alkyl halides is 3. The molecule has 0 aliphatic carbocycles. The SMILES string of the molecule is O=S(O)Cc1ccc(-n2cc(C(F)(F)F)nc2-c2ccc(F)c(F)c2)cc1. The molecule has 0 amide bonds. The van der Waals surface area contributed by atoms with Crippen molar-refractivity contribution >= 4 is 11.1 Å². The van der Waals surface area contributed by atoms with Gasteiger partial charge in [-0.25, -0.2) is 18.0 Å². The summed E-state index contributed by atoms with van der Waals surface area (Å²) in [4.78, 5) is 3.53. The number of benzene rings is 2. The van der Waals surface area contributed by atoms with Crippen molar-refractivity contribution in [3.05, 3.63) is 71.6 Å². The average Bonchev–Trinajstić information content (AvgIpc) is 3.03. The molecule has 0 saturated carbocycles. The van der Waals surface area contributed by atoms with E-state index in [4.69, 9.17) is 4.55 Å². The molecular weight excluding hydrogens is 391 g/mol. The maximum atomic E-state index is 13.5. The van der Waals surface area contributed by atoms with E-state index in [9.17, 15) is 26.2 Å². The van der Waals surface area contributed by atoms with Crippen LogP contribution in [0.3, 0.4) is 0 Å². The lowest BCUT2D eigenvalue weighted by Gasteiger charge is -2.09. The first-order valence-electron chi connectivity index (χ1n) is 7.44. The summed E-state index contributed by atoms with van der Waals surface area (Å²) in [6.07, 6.45) is -3.98. The Bertz CT molecular complexity index is 1000. The molecule has 3 aromatic rings. The Labute approximate surface area is 152 Å². The second kappa shape index (κ2) is 7.20. The highest BCUT2D eigenvalue weighted by atomic mass is 32.2. The maximum Gasteiger partial charge on any atom is 0.434 e. The van der Waals surface area contributed by atoms with Gasteiger partial charge in [0.2, 0.25) is 0 Å². The third kappa shape index (κ3) is 4.22. The average molecular weight is 402 g/mol. The van der Waals surface area contributed by atoms with Crippen molar-refractivity contribution in [3.63, 3.8) is 0 Å². The van der Waals surface area contributed by atoms with Crippen LogP contribution in [0.15, 0.2) is 48.7 Å². The number of hydrogen-bond donors (Lipinski definition) is 1. The molecule has 10 heteroatoms. The van der Waals surface area contributed by atoms with Gasteiger partial charge in [-0.2, -0.15) is 13.2 Å². The highest BCUT2D eigenvalue weighted by molar-refractivity contribution is 7.78. The van der Waals surface area contributed by atoms with Crippen LogP contribution >= 0.6 is 0 Å². The Balaban J connectivity index is 2.11. The topological polar surface area (TPSA) is 55.1 Å². The van der Waals surface area contributed by atoms with Crippen molar-refractivity contribution in [3.8, 4) is 17.1 Å². The summed E-state index contributed by atoms with van der Waals surface area (Å²) >= 11 is -2.06. The molecule has 0 radical (unpaired) electrons. The first-order chi connectivity index (χ1) is 12.6. The predicted molar refractivity (Wildman–Crippen MR) is 88.4 cm³/mol. The van der Waals surface area contributed by atoms with E-state index in [0.29, 0.717) is 5.56 Å². The predicted octanol–water partition coefficient (Wildman–Crippen LogP) is 4.56. The Morgan fingerprint density at radius 3 is 2.26 bits per heavy atom. The van der Waals surface area contributed by atoms with Crippen LogP contribution in [0, 0.1) is 11.6 Å². The van der Waals surface area contributed by atoms with Crippen LogP contribution in [0.1, 0.15) is 11.3 Å². The van der Waals surface area contributed by atoms with Crippen molar-refractivity contribution in [1.29, 1.82) is 0 Å². The van der Waals surface area contributed by atoms with Crippen molar-refractivity contribution in [2.45, 2.75) is 11.9 Å². The summed E-state index contributed by atoms with van der Waals surface area (Å²) in [7, 11) is 0. The Morgan fingerprint density at radius 2 is 1.70 bits per heavy atom.